The van der Waals surface area contributed by atoms with Crippen LogP contribution in [0.25, 0.3) is 11.4 Å². The number of allylic oxidation sites excluding steroid dienone is 2. The Morgan fingerprint density at radius 2 is 1.90 bits per heavy atom. The SMILES string of the molecule is CCOc1ccc(C2C3=C(CCCC3=O)Nc3nc(-c4ccc(O)cc4)nn32)cc1. The van der Waals surface area contributed by atoms with Crippen molar-refractivity contribution >= 4 is 11.7 Å². The van der Waals surface area contributed by atoms with Crippen LogP contribution in [0, 0.1) is 0 Å². The Labute approximate surface area is 174 Å². The number of carbonyl (C=O) groups excluding carboxylic acids is 1. The highest BCUT2D eigenvalue weighted by atomic mass is 16.5. The van der Waals surface area contributed by atoms with E-state index in [0.29, 0.717) is 24.8 Å². The molecule has 2 aliphatic rings. The molecule has 152 valence electrons. The van der Waals surface area contributed by atoms with Gasteiger partial charge in [0.1, 0.15) is 17.5 Å². The number of phenols is 1. The van der Waals surface area contributed by atoms with Crippen molar-refractivity contribution in [1.82, 2.24) is 14.8 Å². The molecule has 5 rings (SSSR count). The van der Waals surface area contributed by atoms with Gasteiger partial charge in [-0.3, -0.25) is 4.79 Å². The lowest BCUT2D eigenvalue weighted by atomic mass is 9.85. The van der Waals surface area contributed by atoms with Crippen LogP contribution in [0.15, 0.2) is 59.8 Å². The van der Waals surface area contributed by atoms with Crippen LogP contribution in [0.5, 0.6) is 11.5 Å². The third-order valence-corrected chi connectivity index (χ3v) is 5.50. The van der Waals surface area contributed by atoms with E-state index >= 15 is 0 Å². The summed E-state index contributed by atoms with van der Waals surface area (Å²) in [5, 5.41) is 17.6. The first kappa shape index (κ1) is 18.4. The summed E-state index contributed by atoms with van der Waals surface area (Å²) >= 11 is 0. The van der Waals surface area contributed by atoms with Gasteiger partial charge in [0.15, 0.2) is 11.6 Å². The summed E-state index contributed by atoms with van der Waals surface area (Å²) in [4.78, 5) is 17.6. The zero-order valence-corrected chi connectivity index (χ0v) is 16.6. The van der Waals surface area contributed by atoms with Gasteiger partial charge in [0, 0.05) is 23.3 Å². The molecule has 0 saturated heterocycles. The zero-order valence-electron chi connectivity index (χ0n) is 16.6. The van der Waals surface area contributed by atoms with Gasteiger partial charge in [-0.15, -0.1) is 5.10 Å². The summed E-state index contributed by atoms with van der Waals surface area (Å²) in [6, 6.07) is 14.3. The first-order chi connectivity index (χ1) is 14.6. The molecule has 0 saturated carbocycles. The fourth-order valence-corrected chi connectivity index (χ4v) is 4.11. The fraction of sp³-hybridized carbons (Fsp3) is 0.261. The molecule has 2 heterocycles. The van der Waals surface area contributed by atoms with Gasteiger partial charge < -0.3 is 15.2 Å². The number of rotatable bonds is 4. The molecule has 2 aromatic carbocycles. The first-order valence-electron chi connectivity index (χ1n) is 10.2. The number of Topliss-reactive ketones (excluding diaryl/α,β-unsaturated/α-hetero) is 1. The van der Waals surface area contributed by atoms with Gasteiger partial charge >= 0.3 is 0 Å². The summed E-state index contributed by atoms with van der Waals surface area (Å²) in [6.07, 6.45) is 2.19. The minimum atomic E-state index is -0.335. The van der Waals surface area contributed by atoms with E-state index in [2.05, 4.69) is 10.3 Å². The summed E-state index contributed by atoms with van der Waals surface area (Å²) < 4.78 is 7.36. The lowest BCUT2D eigenvalue weighted by molar-refractivity contribution is -0.116. The smallest absolute Gasteiger partial charge is 0.226 e. The van der Waals surface area contributed by atoms with Gasteiger partial charge in [-0.1, -0.05) is 12.1 Å². The number of aromatic hydroxyl groups is 1. The predicted molar refractivity (Wildman–Crippen MR) is 112 cm³/mol. The van der Waals surface area contributed by atoms with Crippen molar-refractivity contribution < 1.29 is 14.6 Å². The maximum Gasteiger partial charge on any atom is 0.226 e. The van der Waals surface area contributed by atoms with Gasteiger partial charge in [-0.2, -0.15) is 4.98 Å². The molecule has 1 aliphatic heterocycles. The van der Waals surface area contributed by atoms with E-state index in [0.717, 1.165) is 41.0 Å². The summed E-state index contributed by atoms with van der Waals surface area (Å²) in [6.45, 7) is 2.55. The number of ketones is 1. The van der Waals surface area contributed by atoms with Gasteiger partial charge in [0.2, 0.25) is 5.95 Å². The predicted octanol–water partition coefficient (Wildman–Crippen LogP) is 4.07. The molecule has 7 nitrogen and oxygen atoms in total. The molecule has 0 spiro atoms. The molecule has 3 aromatic rings. The van der Waals surface area contributed by atoms with Crippen LogP contribution in [0.1, 0.15) is 37.8 Å². The number of anilines is 1. The van der Waals surface area contributed by atoms with E-state index in [1.165, 1.54) is 0 Å². The quantitative estimate of drug-likeness (QED) is 0.684. The number of aromatic nitrogens is 3. The number of nitrogens with one attached hydrogen (secondary N) is 1. The number of benzene rings is 2. The van der Waals surface area contributed by atoms with Crippen LogP contribution in [0.4, 0.5) is 5.95 Å². The number of nitrogens with zero attached hydrogens (tertiary/aromatic N) is 3. The Kier molecular flexibility index (Phi) is 4.50. The largest absolute Gasteiger partial charge is 0.508 e. The number of fused-ring (bicyclic) bond motifs is 1. The molecular formula is C23H22N4O3. The number of ether oxygens (including phenoxy) is 1. The van der Waals surface area contributed by atoms with Crippen molar-refractivity contribution in [3.63, 3.8) is 0 Å². The Morgan fingerprint density at radius 3 is 2.63 bits per heavy atom. The Morgan fingerprint density at radius 1 is 1.13 bits per heavy atom. The van der Waals surface area contributed by atoms with Crippen molar-refractivity contribution in [3.05, 3.63) is 65.4 Å². The normalized spacial score (nSPS) is 17.9. The average molecular weight is 402 g/mol. The van der Waals surface area contributed by atoms with E-state index in [9.17, 15) is 9.90 Å². The number of hydrogen-bond acceptors (Lipinski definition) is 6. The molecule has 30 heavy (non-hydrogen) atoms. The summed E-state index contributed by atoms with van der Waals surface area (Å²) in [5.74, 6) is 2.29. The van der Waals surface area contributed by atoms with Crippen LogP contribution in [0.3, 0.4) is 0 Å². The highest BCUT2D eigenvalue weighted by Gasteiger charge is 2.36. The number of hydrogen-bond donors (Lipinski definition) is 2. The molecule has 0 fully saturated rings. The van der Waals surface area contributed by atoms with Crippen molar-refractivity contribution in [2.24, 2.45) is 0 Å². The van der Waals surface area contributed by atoms with Gasteiger partial charge in [0.05, 0.1) is 6.61 Å². The van der Waals surface area contributed by atoms with E-state index in [1.807, 2.05) is 31.2 Å². The topological polar surface area (TPSA) is 89.3 Å². The second-order valence-electron chi connectivity index (χ2n) is 7.45. The second-order valence-corrected chi connectivity index (χ2v) is 7.45. The van der Waals surface area contributed by atoms with E-state index < -0.39 is 0 Å². The fourth-order valence-electron chi connectivity index (χ4n) is 4.11. The standard InChI is InChI=1S/C23H22N4O3/c1-2-30-17-12-8-14(9-13-17)21-20-18(4-3-5-19(20)29)24-23-25-22(26-27(21)23)15-6-10-16(28)11-7-15/h6-13,21,28H,2-5H2,1H3,(H,24,25,26). The summed E-state index contributed by atoms with van der Waals surface area (Å²) in [5.41, 5.74) is 3.46. The van der Waals surface area contributed by atoms with Gasteiger partial charge in [-0.25, -0.2) is 4.68 Å². The lowest BCUT2D eigenvalue weighted by Gasteiger charge is -2.32. The van der Waals surface area contributed by atoms with Crippen LogP contribution in [-0.4, -0.2) is 32.3 Å². The molecule has 2 N–H and O–H groups in total. The van der Waals surface area contributed by atoms with Crippen molar-refractivity contribution in [2.45, 2.75) is 32.2 Å². The maximum atomic E-state index is 12.9. The molecule has 7 heteroatoms. The molecular weight excluding hydrogens is 380 g/mol. The average Bonchev–Trinajstić information content (AvgIpc) is 3.17. The lowest BCUT2D eigenvalue weighted by Crippen LogP contribution is -2.31. The summed E-state index contributed by atoms with van der Waals surface area (Å²) in [7, 11) is 0. The monoisotopic (exact) mass is 402 g/mol. The molecule has 1 unspecified atom stereocenters. The molecule has 0 radical (unpaired) electrons. The van der Waals surface area contributed by atoms with Crippen molar-refractivity contribution in [2.75, 3.05) is 11.9 Å². The van der Waals surface area contributed by atoms with Gasteiger partial charge in [0.25, 0.3) is 0 Å². The highest BCUT2D eigenvalue weighted by molar-refractivity contribution is 5.99. The van der Waals surface area contributed by atoms with Crippen LogP contribution in [0.2, 0.25) is 0 Å². The Hall–Kier alpha value is -3.61. The second kappa shape index (κ2) is 7.33. The number of phenolic OH excluding ortho intramolecular Hbond substituents is 1. The molecule has 1 aliphatic carbocycles. The van der Waals surface area contributed by atoms with Crippen molar-refractivity contribution in [1.29, 1.82) is 0 Å². The zero-order chi connectivity index (χ0) is 20.7. The minimum Gasteiger partial charge on any atom is -0.508 e. The third-order valence-electron chi connectivity index (χ3n) is 5.50. The Bertz CT molecular complexity index is 1130. The minimum absolute atomic E-state index is 0.148. The third kappa shape index (κ3) is 3.12. The van der Waals surface area contributed by atoms with Crippen LogP contribution in [-0.2, 0) is 4.79 Å². The molecule has 1 aromatic heterocycles. The van der Waals surface area contributed by atoms with E-state index in [4.69, 9.17) is 9.84 Å². The first-order valence-corrected chi connectivity index (χ1v) is 10.2. The van der Waals surface area contributed by atoms with Crippen molar-refractivity contribution in [3.8, 4) is 22.9 Å². The van der Waals surface area contributed by atoms with E-state index in [1.54, 1.807) is 28.9 Å². The molecule has 1 atom stereocenters. The highest BCUT2D eigenvalue weighted by Crippen LogP contribution is 2.41. The number of carbonyl (C=O) groups is 1. The van der Waals surface area contributed by atoms with E-state index in [-0.39, 0.29) is 17.6 Å². The Balaban J connectivity index is 1.62. The van der Waals surface area contributed by atoms with Crippen LogP contribution >= 0.6 is 0 Å². The van der Waals surface area contributed by atoms with Gasteiger partial charge in [-0.05, 0) is 61.7 Å². The molecule has 0 amide bonds. The molecule has 0 bridgehead atoms. The maximum absolute atomic E-state index is 12.9. The van der Waals surface area contributed by atoms with Crippen LogP contribution < -0.4 is 10.1 Å².